The number of hydrazine groups is 1. The molecule has 1 fully saturated rings. The maximum Gasteiger partial charge on any atom is 0.258 e. The summed E-state index contributed by atoms with van der Waals surface area (Å²) in [5.41, 5.74) is 4.33. The Morgan fingerprint density at radius 1 is 1.44 bits per heavy atom. The number of hydrogen-bond donors (Lipinski definition) is 2. The smallest absolute Gasteiger partial charge is 0.258 e. The van der Waals surface area contributed by atoms with Crippen molar-refractivity contribution in [2.75, 3.05) is 12.5 Å². The highest BCUT2D eigenvalue weighted by Gasteiger charge is 2.68. The molecular formula is C10H12Cl2N4O2. The first kappa shape index (κ1) is 13.2. The monoisotopic (exact) mass is 290 g/mol. The van der Waals surface area contributed by atoms with E-state index in [1.807, 2.05) is 0 Å². The number of aromatic nitrogens is 2. The van der Waals surface area contributed by atoms with Crippen molar-refractivity contribution in [3.63, 3.8) is 0 Å². The van der Waals surface area contributed by atoms with E-state index < -0.39 is 9.75 Å². The van der Waals surface area contributed by atoms with Crippen molar-refractivity contribution in [3.05, 3.63) is 12.4 Å². The van der Waals surface area contributed by atoms with E-state index >= 15 is 0 Å². The van der Waals surface area contributed by atoms with Crippen LogP contribution in [-0.2, 0) is 4.79 Å². The summed E-state index contributed by atoms with van der Waals surface area (Å²) < 4.78 is 3.97. The number of nitrogens with zero attached hydrogens (tertiary/aromatic N) is 2. The summed E-state index contributed by atoms with van der Waals surface area (Å²) in [5, 5.41) is 0. The number of carbonyl (C=O) groups excluding carboxylic acids is 1. The molecule has 1 unspecified atom stereocenters. The van der Waals surface area contributed by atoms with Gasteiger partial charge < -0.3 is 4.74 Å². The largest absolute Gasteiger partial charge is 0.478 e. The Morgan fingerprint density at radius 3 is 2.61 bits per heavy atom. The maximum atomic E-state index is 11.9. The van der Waals surface area contributed by atoms with Gasteiger partial charge in [0.1, 0.15) is 4.33 Å². The van der Waals surface area contributed by atoms with E-state index in [2.05, 4.69) is 20.8 Å². The summed E-state index contributed by atoms with van der Waals surface area (Å²) in [7, 11) is 1.46. The second kappa shape index (κ2) is 4.44. The van der Waals surface area contributed by atoms with E-state index in [-0.39, 0.29) is 11.8 Å². The summed E-state index contributed by atoms with van der Waals surface area (Å²) in [6.07, 6.45) is 3.37. The fraction of sp³-hybridized carbons (Fsp3) is 0.500. The molecule has 0 spiro atoms. The summed E-state index contributed by atoms with van der Waals surface area (Å²) >= 11 is 11.8. The van der Waals surface area contributed by atoms with Crippen molar-refractivity contribution in [2.24, 2.45) is 5.41 Å². The molecule has 1 amide bonds. The quantitative estimate of drug-likeness (QED) is 0.649. The number of rotatable bonds is 4. The Balaban J connectivity index is 1.99. The lowest BCUT2D eigenvalue weighted by atomic mass is 10.1. The van der Waals surface area contributed by atoms with Gasteiger partial charge in [-0.2, -0.15) is 0 Å². The minimum atomic E-state index is -1.01. The van der Waals surface area contributed by atoms with Crippen LogP contribution in [-0.4, -0.2) is 27.3 Å². The molecule has 1 atom stereocenters. The molecule has 6 nitrogen and oxygen atoms in total. The zero-order valence-corrected chi connectivity index (χ0v) is 11.3. The van der Waals surface area contributed by atoms with Crippen molar-refractivity contribution in [1.29, 1.82) is 0 Å². The highest BCUT2D eigenvalue weighted by atomic mass is 35.5. The van der Waals surface area contributed by atoms with Crippen LogP contribution in [0, 0.1) is 5.41 Å². The molecule has 2 rings (SSSR count). The van der Waals surface area contributed by atoms with E-state index in [0.29, 0.717) is 12.2 Å². The molecule has 8 heteroatoms. The van der Waals surface area contributed by atoms with Gasteiger partial charge in [-0.25, -0.2) is 9.97 Å². The van der Waals surface area contributed by atoms with Crippen LogP contribution in [0.25, 0.3) is 0 Å². The van der Waals surface area contributed by atoms with Crippen LogP contribution in [0.2, 0.25) is 0 Å². The summed E-state index contributed by atoms with van der Waals surface area (Å²) in [6, 6.07) is 0. The van der Waals surface area contributed by atoms with E-state index in [9.17, 15) is 4.79 Å². The van der Waals surface area contributed by atoms with Gasteiger partial charge in [0.05, 0.1) is 12.5 Å². The van der Waals surface area contributed by atoms with Crippen molar-refractivity contribution in [1.82, 2.24) is 15.4 Å². The zero-order chi connectivity index (χ0) is 13.4. The molecule has 1 heterocycles. The first-order valence-corrected chi connectivity index (χ1v) is 5.95. The fourth-order valence-corrected chi connectivity index (χ4v) is 2.17. The lowest BCUT2D eigenvalue weighted by Gasteiger charge is -2.14. The highest BCUT2D eigenvalue weighted by Crippen LogP contribution is 2.63. The Hall–Kier alpha value is -1.27. The van der Waals surface area contributed by atoms with E-state index in [0.717, 1.165) is 0 Å². The molecule has 0 saturated heterocycles. The molecular weight excluding hydrogens is 279 g/mol. The molecule has 1 aliphatic rings. The van der Waals surface area contributed by atoms with Crippen molar-refractivity contribution < 1.29 is 9.53 Å². The van der Waals surface area contributed by atoms with E-state index in [4.69, 9.17) is 27.9 Å². The second-order valence-electron chi connectivity index (χ2n) is 4.21. The number of nitrogens with one attached hydrogen (secondary N) is 2. The van der Waals surface area contributed by atoms with Crippen LogP contribution < -0.4 is 15.6 Å². The van der Waals surface area contributed by atoms with Crippen molar-refractivity contribution >= 4 is 34.9 Å². The number of methoxy groups -OCH3 is 1. The Kier molecular flexibility index (Phi) is 3.25. The minimum Gasteiger partial charge on any atom is -0.478 e. The van der Waals surface area contributed by atoms with Crippen LogP contribution in [0.15, 0.2) is 12.4 Å². The minimum absolute atomic E-state index is 0.279. The fourth-order valence-electron chi connectivity index (χ4n) is 1.46. The van der Waals surface area contributed by atoms with Crippen LogP contribution >= 0.6 is 23.2 Å². The molecule has 98 valence electrons. The maximum absolute atomic E-state index is 11.9. The topological polar surface area (TPSA) is 76.1 Å². The van der Waals surface area contributed by atoms with Gasteiger partial charge in [-0.05, 0) is 13.3 Å². The van der Waals surface area contributed by atoms with Gasteiger partial charge in [0.2, 0.25) is 11.7 Å². The van der Waals surface area contributed by atoms with Crippen molar-refractivity contribution in [3.8, 4) is 5.88 Å². The molecule has 2 N–H and O–H groups in total. The van der Waals surface area contributed by atoms with Gasteiger partial charge in [-0.3, -0.25) is 15.6 Å². The number of amides is 1. The predicted molar refractivity (Wildman–Crippen MR) is 67.5 cm³/mol. The standard InChI is InChI=1S/C10H12Cl2N4O2/c1-9(5-10(9,11)12)8(17)16-15-6-7(18-2)14-4-3-13-6/h3-4H,5H2,1-2H3,(H,13,15)(H,16,17). The van der Waals surface area contributed by atoms with Crippen LogP contribution in [0.3, 0.4) is 0 Å². The third-order valence-corrected chi connectivity index (χ3v) is 4.01. The van der Waals surface area contributed by atoms with Gasteiger partial charge in [0.25, 0.3) is 5.88 Å². The molecule has 1 aromatic rings. The molecule has 1 aromatic heterocycles. The number of halogens is 2. The third-order valence-electron chi connectivity index (χ3n) is 2.91. The van der Waals surface area contributed by atoms with Gasteiger partial charge in [0.15, 0.2) is 0 Å². The summed E-state index contributed by atoms with van der Waals surface area (Å²) in [5.74, 6) is 0.286. The Labute approximate surface area is 114 Å². The number of anilines is 1. The molecule has 0 bridgehead atoms. The normalized spacial score (nSPS) is 24.2. The lowest BCUT2D eigenvalue weighted by Crippen LogP contribution is -2.37. The predicted octanol–water partition coefficient (Wildman–Crippen LogP) is 1.51. The van der Waals surface area contributed by atoms with E-state index in [1.165, 1.54) is 19.5 Å². The number of ether oxygens (including phenoxy) is 1. The second-order valence-corrected chi connectivity index (χ2v) is 5.69. The highest BCUT2D eigenvalue weighted by molar-refractivity contribution is 6.53. The van der Waals surface area contributed by atoms with Gasteiger partial charge >= 0.3 is 0 Å². The molecule has 1 aliphatic carbocycles. The number of alkyl halides is 2. The zero-order valence-electron chi connectivity index (χ0n) is 9.83. The molecule has 0 aliphatic heterocycles. The Morgan fingerprint density at radius 2 is 2.06 bits per heavy atom. The van der Waals surface area contributed by atoms with E-state index in [1.54, 1.807) is 6.92 Å². The molecule has 0 radical (unpaired) electrons. The van der Waals surface area contributed by atoms with Gasteiger partial charge in [0, 0.05) is 12.4 Å². The molecule has 0 aromatic carbocycles. The van der Waals surface area contributed by atoms with Crippen LogP contribution in [0.4, 0.5) is 5.82 Å². The first-order chi connectivity index (χ1) is 8.40. The van der Waals surface area contributed by atoms with Crippen molar-refractivity contribution in [2.45, 2.75) is 17.7 Å². The number of carbonyl (C=O) groups is 1. The first-order valence-electron chi connectivity index (χ1n) is 5.20. The van der Waals surface area contributed by atoms with Crippen LogP contribution in [0.1, 0.15) is 13.3 Å². The third kappa shape index (κ3) is 2.18. The molecule has 18 heavy (non-hydrogen) atoms. The van der Waals surface area contributed by atoms with Gasteiger partial charge in [-0.1, -0.05) is 0 Å². The average Bonchev–Trinajstić information content (AvgIpc) is 2.87. The SMILES string of the molecule is COc1nccnc1NNC(=O)C1(C)CC1(Cl)Cl. The summed E-state index contributed by atoms with van der Waals surface area (Å²) in [6.45, 7) is 1.69. The Bertz CT molecular complexity index is 483. The van der Waals surface area contributed by atoms with Gasteiger partial charge in [-0.15, -0.1) is 23.2 Å². The molecule has 1 saturated carbocycles. The lowest BCUT2D eigenvalue weighted by molar-refractivity contribution is -0.125. The van der Waals surface area contributed by atoms with Crippen LogP contribution in [0.5, 0.6) is 5.88 Å². The average molecular weight is 291 g/mol. The number of hydrogen-bond acceptors (Lipinski definition) is 5. The summed E-state index contributed by atoms with van der Waals surface area (Å²) in [4.78, 5) is 19.8.